The number of methoxy groups -OCH3 is 1. The summed E-state index contributed by atoms with van der Waals surface area (Å²) < 4.78 is 32.9. The van der Waals surface area contributed by atoms with Crippen LogP contribution in [0.4, 0.5) is 5.69 Å². The lowest BCUT2D eigenvalue weighted by molar-refractivity contribution is 0.417. The van der Waals surface area contributed by atoms with Crippen molar-refractivity contribution in [3.63, 3.8) is 0 Å². The molecule has 1 aromatic heterocycles. The van der Waals surface area contributed by atoms with Crippen LogP contribution in [0.2, 0.25) is 0 Å². The molecule has 0 saturated carbocycles. The number of imidazole rings is 1. The number of fused-ring (bicyclic) bond motifs is 1. The summed E-state index contributed by atoms with van der Waals surface area (Å²) >= 11 is 0. The number of rotatable bonds is 5. The Kier molecular flexibility index (Phi) is 6.03. The van der Waals surface area contributed by atoms with E-state index in [1.165, 1.54) is 7.11 Å². The number of sulfonamides is 1. The lowest BCUT2D eigenvalue weighted by Crippen LogP contribution is -2.13. The van der Waals surface area contributed by atoms with Crippen molar-refractivity contribution in [1.82, 2.24) is 9.97 Å². The zero-order chi connectivity index (χ0) is 18.4. The van der Waals surface area contributed by atoms with Gasteiger partial charge >= 0.3 is 0 Å². The van der Waals surface area contributed by atoms with Crippen molar-refractivity contribution in [3.05, 3.63) is 48.3 Å². The molecule has 0 unspecified atom stereocenters. The molecule has 25 heavy (non-hydrogen) atoms. The van der Waals surface area contributed by atoms with Gasteiger partial charge in [-0.05, 0) is 30.3 Å². The normalized spacial score (nSPS) is 10.9. The Bertz CT molecular complexity index is 949. The van der Waals surface area contributed by atoms with Crippen molar-refractivity contribution < 1.29 is 13.2 Å². The maximum Gasteiger partial charge on any atom is 0.262 e. The fraction of sp³-hybridized carbons (Fsp3) is 0.278. The Morgan fingerprint density at radius 2 is 1.88 bits per heavy atom. The van der Waals surface area contributed by atoms with Crippen molar-refractivity contribution in [2.75, 3.05) is 11.8 Å². The number of ether oxygens (including phenoxy) is 1. The van der Waals surface area contributed by atoms with E-state index in [1.807, 2.05) is 20.8 Å². The average molecular weight is 361 g/mol. The van der Waals surface area contributed by atoms with Gasteiger partial charge < -0.3 is 9.72 Å². The number of hydrogen-bond acceptors (Lipinski definition) is 4. The molecule has 2 N–H and O–H groups in total. The van der Waals surface area contributed by atoms with Crippen molar-refractivity contribution in [1.29, 1.82) is 0 Å². The standard InChI is InChI=1S/C16H17N3O3S.C2H6/c1-3-16-17-12-9-8-11(10-14(12)18-16)23(20,21)19-13-6-4-5-7-15(13)22-2;1-2/h4-10,19H,3H2,1-2H3,(H,17,18);1-2H3. The predicted octanol–water partition coefficient (Wildman–Crippen LogP) is 3.96. The summed E-state index contributed by atoms with van der Waals surface area (Å²) in [4.78, 5) is 7.66. The third-order valence-electron chi connectivity index (χ3n) is 3.50. The van der Waals surface area contributed by atoms with Gasteiger partial charge in [0, 0.05) is 6.42 Å². The molecule has 0 aliphatic heterocycles. The van der Waals surface area contributed by atoms with Crippen LogP contribution in [0.15, 0.2) is 47.4 Å². The van der Waals surface area contributed by atoms with Crippen LogP contribution in [0.25, 0.3) is 11.0 Å². The van der Waals surface area contributed by atoms with Gasteiger partial charge in [0.2, 0.25) is 0 Å². The lowest BCUT2D eigenvalue weighted by atomic mass is 10.3. The number of benzene rings is 2. The van der Waals surface area contributed by atoms with Gasteiger partial charge in [0.25, 0.3) is 10.0 Å². The highest BCUT2D eigenvalue weighted by Gasteiger charge is 2.17. The molecule has 6 nitrogen and oxygen atoms in total. The molecular formula is C18H23N3O3S. The molecule has 3 aromatic rings. The Morgan fingerprint density at radius 3 is 2.56 bits per heavy atom. The topological polar surface area (TPSA) is 84.1 Å². The SMILES string of the molecule is CC.CCc1nc2ccc(S(=O)(=O)Nc3ccccc3OC)cc2[nH]1. The first-order chi connectivity index (χ1) is 12.0. The Balaban J connectivity index is 0.00000109. The fourth-order valence-corrected chi connectivity index (χ4v) is 3.41. The molecule has 0 bridgehead atoms. The van der Waals surface area contributed by atoms with Gasteiger partial charge in [-0.25, -0.2) is 13.4 Å². The smallest absolute Gasteiger partial charge is 0.262 e. The minimum atomic E-state index is -3.71. The second-order valence-electron chi connectivity index (χ2n) is 5.02. The fourth-order valence-electron chi connectivity index (χ4n) is 2.31. The van der Waals surface area contributed by atoms with Crippen molar-refractivity contribution >= 4 is 26.7 Å². The zero-order valence-electron chi connectivity index (χ0n) is 14.8. The molecule has 134 valence electrons. The summed E-state index contributed by atoms with van der Waals surface area (Å²) in [6, 6.07) is 11.7. The average Bonchev–Trinajstić information content (AvgIpc) is 3.06. The predicted molar refractivity (Wildman–Crippen MR) is 101 cm³/mol. The van der Waals surface area contributed by atoms with Gasteiger partial charge in [0.1, 0.15) is 11.6 Å². The van der Waals surface area contributed by atoms with Crippen LogP contribution in [-0.4, -0.2) is 25.5 Å². The second kappa shape index (κ2) is 8.02. The van der Waals surface area contributed by atoms with Crippen LogP contribution in [0.1, 0.15) is 26.6 Å². The van der Waals surface area contributed by atoms with E-state index in [4.69, 9.17) is 4.74 Å². The molecule has 0 amide bonds. The van der Waals surface area contributed by atoms with Crippen molar-refractivity contribution in [2.24, 2.45) is 0 Å². The molecule has 3 rings (SSSR count). The number of nitrogens with zero attached hydrogens (tertiary/aromatic N) is 1. The molecule has 1 heterocycles. The van der Waals surface area contributed by atoms with Crippen molar-refractivity contribution in [2.45, 2.75) is 32.1 Å². The summed E-state index contributed by atoms with van der Waals surface area (Å²) in [5.41, 5.74) is 1.84. The van der Waals surface area contributed by atoms with Crippen LogP contribution in [0.5, 0.6) is 5.75 Å². The zero-order valence-corrected chi connectivity index (χ0v) is 15.6. The molecular weight excluding hydrogens is 338 g/mol. The van der Waals surface area contributed by atoms with Gasteiger partial charge in [-0.15, -0.1) is 0 Å². The Morgan fingerprint density at radius 1 is 1.16 bits per heavy atom. The van der Waals surface area contributed by atoms with E-state index in [-0.39, 0.29) is 4.90 Å². The van der Waals surface area contributed by atoms with E-state index >= 15 is 0 Å². The van der Waals surface area contributed by atoms with Crippen LogP contribution in [-0.2, 0) is 16.4 Å². The summed E-state index contributed by atoms with van der Waals surface area (Å²) in [5, 5.41) is 0. The van der Waals surface area contributed by atoms with Crippen LogP contribution in [0, 0.1) is 0 Å². The van der Waals surface area contributed by atoms with Gasteiger partial charge in [0.05, 0.1) is 28.7 Å². The van der Waals surface area contributed by atoms with Gasteiger partial charge in [-0.3, -0.25) is 4.72 Å². The number of para-hydroxylation sites is 2. The molecule has 0 aliphatic carbocycles. The molecule has 0 fully saturated rings. The molecule has 0 saturated heterocycles. The Labute approximate surface area is 148 Å². The highest BCUT2D eigenvalue weighted by molar-refractivity contribution is 7.92. The number of H-pyrrole nitrogens is 1. The molecule has 0 aliphatic rings. The first kappa shape index (κ1) is 18.8. The quantitative estimate of drug-likeness (QED) is 0.720. The lowest BCUT2D eigenvalue weighted by Gasteiger charge is -2.11. The first-order valence-corrected chi connectivity index (χ1v) is 9.66. The minimum absolute atomic E-state index is 0.169. The number of aryl methyl sites for hydroxylation is 1. The van der Waals surface area contributed by atoms with E-state index in [9.17, 15) is 8.42 Å². The second-order valence-corrected chi connectivity index (χ2v) is 6.70. The molecule has 7 heteroatoms. The van der Waals surface area contributed by atoms with Crippen LogP contribution < -0.4 is 9.46 Å². The maximum atomic E-state index is 12.6. The molecule has 2 aromatic carbocycles. The van der Waals surface area contributed by atoms with Crippen LogP contribution in [0.3, 0.4) is 0 Å². The summed E-state index contributed by atoms with van der Waals surface area (Å²) in [6.45, 7) is 5.98. The van der Waals surface area contributed by atoms with Gasteiger partial charge in [-0.1, -0.05) is 32.9 Å². The Hall–Kier alpha value is -2.54. The third kappa shape index (κ3) is 4.11. The van der Waals surface area contributed by atoms with Gasteiger partial charge in [0.15, 0.2) is 0 Å². The minimum Gasteiger partial charge on any atom is -0.495 e. The largest absolute Gasteiger partial charge is 0.495 e. The van der Waals surface area contributed by atoms with E-state index in [0.29, 0.717) is 17.0 Å². The highest BCUT2D eigenvalue weighted by atomic mass is 32.2. The monoisotopic (exact) mass is 361 g/mol. The number of aromatic nitrogens is 2. The molecule has 0 spiro atoms. The summed E-state index contributed by atoms with van der Waals surface area (Å²) in [7, 11) is -2.22. The van der Waals surface area contributed by atoms with E-state index in [2.05, 4.69) is 14.7 Å². The molecule has 0 radical (unpaired) electrons. The number of nitrogens with one attached hydrogen (secondary N) is 2. The summed E-state index contributed by atoms with van der Waals surface area (Å²) in [6.07, 6.45) is 0.760. The van der Waals surface area contributed by atoms with E-state index < -0.39 is 10.0 Å². The number of hydrogen-bond donors (Lipinski definition) is 2. The van der Waals surface area contributed by atoms with E-state index in [1.54, 1.807) is 42.5 Å². The number of anilines is 1. The summed E-state index contributed by atoms with van der Waals surface area (Å²) in [5.74, 6) is 1.29. The highest BCUT2D eigenvalue weighted by Crippen LogP contribution is 2.27. The first-order valence-electron chi connectivity index (χ1n) is 8.18. The maximum absolute atomic E-state index is 12.6. The van der Waals surface area contributed by atoms with Crippen molar-refractivity contribution in [3.8, 4) is 5.75 Å². The number of aromatic amines is 1. The molecule has 0 atom stereocenters. The van der Waals surface area contributed by atoms with Gasteiger partial charge in [-0.2, -0.15) is 0 Å². The van der Waals surface area contributed by atoms with Crippen LogP contribution >= 0.6 is 0 Å². The third-order valence-corrected chi connectivity index (χ3v) is 4.86. The van der Waals surface area contributed by atoms with E-state index in [0.717, 1.165) is 17.8 Å².